The van der Waals surface area contributed by atoms with Gasteiger partial charge in [0.2, 0.25) is 0 Å². The minimum atomic E-state index is -2.92. The second-order valence-electron chi connectivity index (χ2n) is 10.8. The maximum atomic E-state index is 5.88. The fraction of sp³-hybridized carbons (Fsp3) is 0.333. The molecule has 1 aliphatic carbocycles. The van der Waals surface area contributed by atoms with Gasteiger partial charge in [-0.2, -0.15) is 0 Å². The van der Waals surface area contributed by atoms with Crippen molar-refractivity contribution in [2.75, 3.05) is 21.3 Å². The fourth-order valence-electron chi connectivity index (χ4n) is 6.49. The van der Waals surface area contributed by atoms with E-state index in [0.29, 0.717) is 0 Å². The third kappa shape index (κ3) is 6.07. The van der Waals surface area contributed by atoms with Gasteiger partial charge in [-0.15, -0.1) is 0 Å². The molecule has 0 heterocycles. The number of hydrogen-bond acceptors (Lipinski definition) is 3. The van der Waals surface area contributed by atoms with E-state index in [4.69, 9.17) is 14.2 Å². The molecule has 3 aromatic carbocycles. The van der Waals surface area contributed by atoms with Crippen LogP contribution in [0.15, 0.2) is 75.2 Å². The van der Waals surface area contributed by atoms with Gasteiger partial charge in [0, 0.05) is 0 Å². The fourth-order valence-corrected chi connectivity index (χ4v) is 14.4. The summed E-state index contributed by atoms with van der Waals surface area (Å²) in [6.07, 6.45) is 0. The monoisotopic (exact) mass is 664 g/mol. The maximum absolute atomic E-state index is 5.88. The molecule has 0 saturated carbocycles. The van der Waals surface area contributed by atoms with Gasteiger partial charge >= 0.3 is 242 Å². The first-order valence-electron chi connectivity index (χ1n) is 13.0. The van der Waals surface area contributed by atoms with E-state index in [2.05, 4.69) is 123 Å². The first-order chi connectivity index (χ1) is 17.9. The molecule has 8 heteroatoms. The van der Waals surface area contributed by atoms with Gasteiger partial charge in [-0.3, -0.25) is 0 Å². The van der Waals surface area contributed by atoms with Gasteiger partial charge in [0.1, 0.15) is 0 Å². The van der Waals surface area contributed by atoms with Crippen LogP contribution in [0.4, 0.5) is 0 Å². The summed E-state index contributed by atoms with van der Waals surface area (Å²) in [5.74, 6) is 2.65. The van der Waals surface area contributed by atoms with Crippen LogP contribution in [-0.4, -0.2) is 29.4 Å². The number of rotatable bonds is 7. The Labute approximate surface area is 277 Å². The normalized spacial score (nSPS) is 16.5. The van der Waals surface area contributed by atoms with E-state index in [1.54, 1.807) is 21.3 Å². The molecular formula is C33H39Cl3O3SiTi. The molecule has 1 atom stereocenters. The Hall–Kier alpha value is -1.66. The number of halogens is 3. The van der Waals surface area contributed by atoms with Gasteiger partial charge in [0.05, 0.1) is 0 Å². The molecule has 1 unspecified atom stereocenters. The topological polar surface area (TPSA) is 27.7 Å². The van der Waals surface area contributed by atoms with Crippen molar-refractivity contribution in [2.24, 2.45) is 0 Å². The van der Waals surface area contributed by atoms with Crippen molar-refractivity contribution >= 4 is 23.6 Å². The Bertz CT molecular complexity index is 1330. The molecule has 0 fully saturated rings. The smallest absolute Gasteiger partial charge is 1.00 e. The molecule has 3 nitrogen and oxygen atoms in total. The number of allylic oxidation sites excluding steroid dienone is 4. The van der Waals surface area contributed by atoms with Gasteiger partial charge in [-0.05, 0) is 0 Å². The molecule has 0 spiro atoms. The van der Waals surface area contributed by atoms with Crippen molar-refractivity contribution in [3.8, 4) is 17.2 Å². The third-order valence-electron chi connectivity index (χ3n) is 8.66. The van der Waals surface area contributed by atoms with Crippen LogP contribution in [-0.2, 0) is 20.4 Å². The van der Waals surface area contributed by atoms with Gasteiger partial charge in [0.15, 0.2) is 0 Å². The maximum Gasteiger partial charge on any atom is -1.00 e. The molecule has 0 radical (unpaired) electrons. The van der Waals surface area contributed by atoms with E-state index in [0.717, 1.165) is 17.2 Å². The summed E-state index contributed by atoms with van der Waals surface area (Å²) in [5, 5.41) is 3.72. The third-order valence-corrected chi connectivity index (χ3v) is 16.0. The second kappa shape index (κ2) is 14.2. The van der Waals surface area contributed by atoms with Crippen molar-refractivity contribution in [3.63, 3.8) is 0 Å². The van der Waals surface area contributed by atoms with Gasteiger partial charge in [-0.25, -0.2) is 0 Å². The summed E-state index contributed by atoms with van der Waals surface area (Å²) in [6.45, 7) is 15.9. The van der Waals surface area contributed by atoms with Crippen molar-refractivity contribution in [1.82, 2.24) is 0 Å². The number of hydrogen-bond donors (Lipinski definition) is 0. The minimum Gasteiger partial charge on any atom is -1.00 e. The Kier molecular flexibility index (Phi) is 12.9. The van der Waals surface area contributed by atoms with Gasteiger partial charge in [0.25, 0.3) is 0 Å². The van der Waals surface area contributed by atoms with E-state index in [-0.39, 0.29) is 42.3 Å². The van der Waals surface area contributed by atoms with Crippen LogP contribution in [0.5, 0.6) is 17.2 Å². The van der Waals surface area contributed by atoms with Crippen LogP contribution in [0.3, 0.4) is 0 Å². The van der Waals surface area contributed by atoms with Crippen LogP contribution in [0.1, 0.15) is 44.4 Å². The number of methoxy groups -OCH3 is 3. The summed E-state index contributed by atoms with van der Waals surface area (Å²) >= 11 is 2.34. The summed E-state index contributed by atoms with van der Waals surface area (Å²) in [5.41, 5.74) is 7.78. The molecular weight excluding hydrogens is 627 g/mol. The predicted molar refractivity (Wildman–Crippen MR) is 157 cm³/mol. The average molecular weight is 666 g/mol. The zero-order valence-electron chi connectivity index (χ0n) is 25.6. The Balaban J connectivity index is 0.00000280. The molecule has 0 saturated heterocycles. The van der Waals surface area contributed by atoms with E-state index < -0.39 is 8.07 Å². The SMILES string of the molecule is COc1cc(C)cc([Si](c2cc(C)cc(OC)c2)(c2cc(C)cc(OC)c2)C2(C)C(C)=C(C)C(C)=[C]2[Ti+3])c1.[Cl-].[Cl-].[Cl-]. The molecule has 3 aromatic rings. The van der Waals surface area contributed by atoms with Gasteiger partial charge in [-0.1, -0.05) is 0 Å². The Morgan fingerprint density at radius 3 is 1.10 bits per heavy atom. The molecule has 41 heavy (non-hydrogen) atoms. The van der Waals surface area contributed by atoms with E-state index >= 15 is 0 Å². The predicted octanol–water partition coefficient (Wildman–Crippen LogP) is -2.95. The number of aryl methyl sites for hydroxylation is 3. The summed E-state index contributed by atoms with van der Waals surface area (Å²) in [4.78, 5) is 0. The molecule has 4 rings (SSSR count). The molecule has 0 aliphatic heterocycles. The zero-order valence-corrected chi connectivity index (χ0v) is 30.4. The summed E-state index contributed by atoms with van der Waals surface area (Å²) in [7, 11) is 2.36. The number of ether oxygens (including phenoxy) is 3. The number of benzene rings is 3. The molecule has 0 amide bonds. The average Bonchev–Trinajstić information content (AvgIpc) is 3.03. The molecule has 218 valence electrons. The van der Waals surface area contributed by atoms with Crippen molar-refractivity contribution in [1.29, 1.82) is 0 Å². The van der Waals surface area contributed by atoms with Crippen molar-refractivity contribution in [2.45, 2.75) is 53.5 Å². The zero-order chi connectivity index (χ0) is 28.0. The molecule has 1 aliphatic rings. The standard InChI is InChI=1S/C33H39O3Si.3ClH.Ti/c1-21-11-27(34-8)17-30(14-21)37(31-15-22(2)12-28(18-31)35-9,32-16-23(3)13-29(19-32)36-10)33(7)20-24(4)25(5)26(33)6;;;;/h11-19H,1-10H3;3*1H;/q;;;;+3/p-3. The Morgan fingerprint density at radius 2 is 0.854 bits per heavy atom. The summed E-state index contributed by atoms with van der Waals surface area (Å²) in [6, 6.07) is 20.3. The largest absolute Gasteiger partial charge is 1.00 e. The second-order valence-corrected chi connectivity index (χ2v) is 15.9. The quantitative estimate of drug-likeness (QED) is 0.200. The van der Waals surface area contributed by atoms with Crippen LogP contribution < -0.4 is 67.0 Å². The minimum absolute atomic E-state index is 0. The van der Waals surface area contributed by atoms with Crippen molar-refractivity contribution < 1.29 is 71.9 Å². The molecule has 0 aromatic heterocycles. The van der Waals surface area contributed by atoms with Crippen LogP contribution >= 0.6 is 0 Å². The first-order valence-corrected chi connectivity index (χ1v) is 15.8. The van der Waals surface area contributed by atoms with Crippen molar-refractivity contribution in [3.05, 3.63) is 91.9 Å². The Morgan fingerprint density at radius 1 is 0.537 bits per heavy atom. The first kappa shape index (κ1) is 37.4. The van der Waals surface area contributed by atoms with Crippen LogP contribution in [0, 0.1) is 20.8 Å². The van der Waals surface area contributed by atoms with E-state index in [9.17, 15) is 0 Å². The molecule has 0 N–H and O–H groups in total. The summed E-state index contributed by atoms with van der Waals surface area (Å²) < 4.78 is 19.1. The van der Waals surface area contributed by atoms with E-state index in [1.165, 1.54) is 52.8 Å². The van der Waals surface area contributed by atoms with Crippen LogP contribution in [0.2, 0.25) is 5.04 Å². The van der Waals surface area contributed by atoms with E-state index in [1.807, 2.05) is 0 Å². The van der Waals surface area contributed by atoms with Crippen LogP contribution in [0.25, 0.3) is 0 Å². The molecule has 0 bridgehead atoms. The van der Waals surface area contributed by atoms with Gasteiger partial charge < -0.3 is 37.2 Å².